The molecular weight excluding hydrogens is 431 g/mol. The van der Waals surface area contributed by atoms with Crippen LogP contribution in [0.4, 0.5) is 0 Å². The highest BCUT2D eigenvalue weighted by molar-refractivity contribution is 14.0. The number of aliphatic imine (C=N–C) groups is 1. The first-order valence-corrected chi connectivity index (χ1v) is 9.41. The van der Waals surface area contributed by atoms with Crippen LogP contribution in [-0.2, 0) is 9.47 Å². The average molecular weight is 468 g/mol. The first kappa shape index (κ1) is 22.9. The van der Waals surface area contributed by atoms with Crippen LogP contribution in [0.5, 0.6) is 0 Å². The van der Waals surface area contributed by atoms with Crippen LogP contribution >= 0.6 is 24.0 Å². The van der Waals surface area contributed by atoms with E-state index >= 15 is 0 Å². The van der Waals surface area contributed by atoms with Gasteiger partial charge in [0.1, 0.15) is 0 Å². The lowest BCUT2D eigenvalue weighted by molar-refractivity contribution is -0.0164. The highest BCUT2D eigenvalue weighted by atomic mass is 127. The number of rotatable bonds is 7. The molecule has 0 radical (unpaired) electrons. The third-order valence-electron chi connectivity index (χ3n) is 5.30. The fraction of sp³-hybridized carbons (Fsp3) is 0.944. The van der Waals surface area contributed by atoms with Crippen LogP contribution in [0.1, 0.15) is 46.5 Å². The molecule has 0 spiro atoms. The molecule has 0 bridgehead atoms. The fourth-order valence-electron chi connectivity index (χ4n) is 3.47. The standard InChI is InChI=1S/C18H36N4O2.HI/c1-5-19-16(20-14-17(2,3)23-4)21-15-18(8-12-24-13-9-18)22-10-6-7-11-22;/h5-15H2,1-4H3,(H2,19,20,21);1H. The number of hydrogen-bond donors (Lipinski definition) is 2. The molecule has 0 saturated carbocycles. The van der Waals surface area contributed by atoms with Crippen LogP contribution in [0, 0.1) is 0 Å². The lowest BCUT2D eigenvalue weighted by Crippen LogP contribution is -2.58. The van der Waals surface area contributed by atoms with Crippen molar-refractivity contribution in [2.45, 2.75) is 57.6 Å². The van der Waals surface area contributed by atoms with E-state index in [1.807, 2.05) is 0 Å². The second kappa shape index (κ2) is 10.9. The maximum absolute atomic E-state index is 5.63. The van der Waals surface area contributed by atoms with E-state index in [9.17, 15) is 0 Å². The molecule has 2 rings (SSSR count). The van der Waals surface area contributed by atoms with Crippen molar-refractivity contribution in [1.82, 2.24) is 15.5 Å². The summed E-state index contributed by atoms with van der Waals surface area (Å²) in [6, 6.07) is 0. The van der Waals surface area contributed by atoms with E-state index in [4.69, 9.17) is 14.5 Å². The molecule has 0 aromatic rings. The highest BCUT2D eigenvalue weighted by Crippen LogP contribution is 2.30. The van der Waals surface area contributed by atoms with E-state index in [-0.39, 0.29) is 35.1 Å². The maximum atomic E-state index is 5.63. The van der Waals surface area contributed by atoms with Gasteiger partial charge in [-0.05, 0) is 59.5 Å². The SMILES string of the molecule is CCNC(=NCC(C)(C)OC)NCC1(N2CCCC2)CCOCC1.I. The van der Waals surface area contributed by atoms with Crippen molar-refractivity contribution < 1.29 is 9.47 Å². The van der Waals surface area contributed by atoms with Crippen molar-refractivity contribution in [3.05, 3.63) is 0 Å². The van der Waals surface area contributed by atoms with Crippen molar-refractivity contribution in [1.29, 1.82) is 0 Å². The van der Waals surface area contributed by atoms with E-state index in [1.165, 1.54) is 25.9 Å². The Bertz CT molecular complexity index is 406. The molecular formula is C18H37IN4O2. The van der Waals surface area contributed by atoms with E-state index in [0.717, 1.165) is 45.1 Å². The molecule has 2 fully saturated rings. The Hall–Kier alpha value is -0.120. The molecule has 0 amide bonds. The number of halogens is 1. The molecule has 2 saturated heterocycles. The molecule has 0 atom stereocenters. The van der Waals surface area contributed by atoms with Gasteiger partial charge in [-0.3, -0.25) is 9.89 Å². The lowest BCUT2D eigenvalue weighted by Gasteiger charge is -2.45. The largest absolute Gasteiger partial charge is 0.381 e. The first-order chi connectivity index (χ1) is 11.5. The summed E-state index contributed by atoms with van der Waals surface area (Å²) >= 11 is 0. The van der Waals surface area contributed by atoms with E-state index in [0.29, 0.717) is 6.54 Å². The molecule has 25 heavy (non-hydrogen) atoms. The molecule has 2 aliphatic heterocycles. The topological polar surface area (TPSA) is 58.1 Å². The number of nitrogens with zero attached hydrogens (tertiary/aromatic N) is 2. The number of methoxy groups -OCH3 is 1. The molecule has 7 heteroatoms. The molecule has 6 nitrogen and oxygen atoms in total. The summed E-state index contributed by atoms with van der Waals surface area (Å²) in [5.74, 6) is 0.882. The third-order valence-corrected chi connectivity index (χ3v) is 5.30. The predicted octanol–water partition coefficient (Wildman–Crippen LogP) is 2.23. The molecule has 2 aliphatic rings. The average Bonchev–Trinajstić information content (AvgIpc) is 3.13. The van der Waals surface area contributed by atoms with Crippen LogP contribution in [0.25, 0.3) is 0 Å². The van der Waals surface area contributed by atoms with E-state index in [2.05, 4.69) is 36.3 Å². The van der Waals surface area contributed by atoms with Gasteiger partial charge in [0.15, 0.2) is 5.96 Å². The number of hydrogen-bond acceptors (Lipinski definition) is 4. The maximum Gasteiger partial charge on any atom is 0.191 e. The second-order valence-electron chi connectivity index (χ2n) is 7.54. The van der Waals surface area contributed by atoms with Crippen LogP contribution < -0.4 is 10.6 Å². The van der Waals surface area contributed by atoms with Gasteiger partial charge >= 0.3 is 0 Å². The highest BCUT2D eigenvalue weighted by Gasteiger charge is 2.39. The number of nitrogens with one attached hydrogen (secondary N) is 2. The quantitative estimate of drug-likeness (QED) is 0.341. The van der Waals surface area contributed by atoms with Crippen molar-refractivity contribution in [3.63, 3.8) is 0 Å². The van der Waals surface area contributed by atoms with Crippen LogP contribution in [0.15, 0.2) is 4.99 Å². The minimum Gasteiger partial charge on any atom is -0.381 e. The van der Waals surface area contributed by atoms with E-state index in [1.54, 1.807) is 7.11 Å². The summed E-state index contributed by atoms with van der Waals surface area (Å²) in [4.78, 5) is 7.39. The summed E-state index contributed by atoms with van der Waals surface area (Å²) in [7, 11) is 1.74. The molecule has 0 aromatic carbocycles. The van der Waals surface area contributed by atoms with Crippen LogP contribution in [0.2, 0.25) is 0 Å². The predicted molar refractivity (Wildman–Crippen MR) is 114 cm³/mol. The molecule has 0 unspecified atom stereocenters. The van der Waals surface area contributed by atoms with Crippen LogP contribution in [-0.4, -0.2) is 75.0 Å². The Balaban J connectivity index is 0.00000312. The zero-order chi connectivity index (χ0) is 17.5. The van der Waals surface area contributed by atoms with Gasteiger partial charge in [0.05, 0.1) is 12.1 Å². The van der Waals surface area contributed by atoms with Crippen LogP contribution in [0.3, 0.4) is 0 Å². The van der Waals surface area contributed by atoms with Gasteiger partial charge in [-0.2, -0.15) is 0 Å². The monoisotopic (exact) mass is 468 g/mol. The van der Waals surface area contributed by atoms with Gasteiger partial charge < -0.3 is 20.1 Å². The molecule has 2 N–H and O–H groups in total. The van der Waals surface area contributed by atoms with Gasteiger partial charge in [0, 0.05) is 39.0 Å². The molecule has 0 aromatic heterocycles. The first-order valence-electron chi connectivity index (χ1n) is 9.41. The van der Waals surface area contributed by atoms with Gasteiger partial charge in [-0.25, -0.2) is 0 Å². The second-order valence-corrected chi connectivity index (χ2v) is 7.54. The Morgan fingerprint density at radius 2 is 1.84 bits per heavy atom. The Labute approximate surface area is 170 Å². The number of ether oxygens (including phenoxy) is 2. The number of guanidine groups is 1. The third kappa shape index (κ3) is 6.84. The summed E-state index contributed by atoms with van der Waals surface area (Å²) in [5, 5.41) is 6.95. The summed E-state index contributed by atoms with van der Waals surface area (Å²) in [6.45, 7) is 12.8. The smallest absolute Gasteiger partial charge is 0.191 e. The van der Waals surface area contributed by atoms with Crippen molar-refractivity contribution >= 4 is 29.9 Å². The zero-order valence-corrected chi connectivity index (χ0v) is 18.7. The van der Waals surface area contributed by atoms with Crippen molar-refractivity contribution in [2.24, 2.45) is 4.99 Å². The minimum absolute atomic E-state index is 0. The lowest BCUT2D eigenvalue weighted by atomic mass is 9.88. The summed E-state index contributed by atoms with van der Waals surface area (Å²) < 4.78 is 11.1. The summed E-state index contributed by atoms with van der Waals surface area (Å²) in [5.41, 5.74) is -0.0324. The van der Waals surface area contributed by atoms with E-state index < -0.39 is 0 Å². The summed E-state index contributed by atoms with van der Waals surface area (Å²) in [6.07, 6.45) is 4.84. The van der Waals surface area contributed by atoms with Gasteiger partial charge in [0.25, 0.3) is 0 Å². The van der Waals surface area contributed by atoms with Gasteiger partial charge in [-0.1, -0.05) is 0 Å². The van der Waals surface area contributed by atoms with Crippen molar-refractivity contribution in [3.8, 4) is 0 Å². The van der Waals surface area contributed by atoms with Crippen molar-refractivity contribution in [2.75, 3.05) is 53.0 Å². The van der Waals surface area contributed by atoms with Gasteiger partial charge in [-0.15, -0.1) is 24.0 Å². The minimum atomic E-state index is -0.242. The molecule has 148 valence electrons. The molecule has 2 heterocycles. The molecule has 0 aliphatic carbocycles. The number of likely N-dealkylation sites (tertiary alicyclic amines) is 1. The normalized spacial score (nSPS) is 21.7. The Morgan fingerprint density at radius 1 is 1.20 bits per heavy atom. The zero-order valence-electron chi connectivity index (χ0n) is 16.4. The Morgan fingerprint density at radius 3 is 2.40 bits per heavy atom. The van der Waals surface area contributed by atoms with Gasteiger partial charge in [0.2, 0.25) is 0 Å². The Kier molecular flexibility index (Phi) is 9.98. The fourth-order valence-corrected chi connectivity index (χ4v) is 3.47.